The third-order valence-corrected chi connectivity index (χ3v) is 8.35. The lowest BCUT2D eigenvalue weighted by Crippen LogP contribution is -2.38. The van der Waals surface area contributed by atoms with Gasteiger partial charge in [-0.3, -0.25) is 4.79 Å². The van der Waals surface area contributed by atoms with Crippen molar-refractivity contribution in [3.8, 4) is 0 Å². The summed E-state index contributed by atoms with van der Waals surface area (Å²) in [5.41, 5.74) is 5.41. The zero-order valence-corrected chi connectivity index (χ0v) is 25.2. The third-order valence-electron chi connectivity index (χ3n) is 8.10. The average molecular weight is 573 g/mol. The summed E-state index contributed by atoms with van der Waals surface area (Å²) in [4.78, 5) is 22.2. The van der Waals surface area contributed by atoms with Crippen LogP contribution in [0.5, 0.6) is 0 Å². The van der Waals surface area contributed by atoms with E-state index in [2.05, 4.69) is 75.0 Å². The Kier molecular flexibility index (Phi) is 9.31. The number of carbonyl (C=O) groups excluding carboxylic acids is 1. The second kappa shape index (κ2) is 13.1. The van der Waals surface area contributed by atoms with Crippen molar-refractivity contribution in [2.45, 2.75) is 46.1 Å². The van der Waals surface area contributed by atoms with Crippen LogP contribution in [-0.2, 0) is 28.9 Å². The van der Waals surface area contributed by atoms with Gasteiger partial charge >= 0.3 is 5.97 Å². The van der Waals surface area contributed by atoms with Crippen LogP contribution in [0.3, 0.4) is 0 Å². The number of hydrogen-bond donors (Lipinski definition) is 0. The summed E-state index contributed by atoms with van der Waals surface area (Å²) in [7, 11) is 1.45. The summed E-state index contributed by atoms with van der Waals surface area (Å²) in [6, 6.07) is 25.3. The number of anilines is 1. The number of rotatable bonds is 9. The molecule has 0 atom stereocenters. The van der Waals surface area contributed by atoms with Crippen LogP contribution < -0.4 is 4.90 Å². The van der Waals surface area contributed by atoms with Crippen molar-refractivity contribution >= 4 is 34.6 Å². The minimum atomic E-state index is -0.519. The highest BCUT2D eigenvalue weighted by atomic mass is 35.5. The van der Waals surface area contributed by atoms with Gasteiger partial charge in [-0.25, -0.2) is 4.98 Å². The normalized spacial score (nSPS) is 15.1. The van der Waals surface area contributed by atoms with Gasteiger partial charge in [-0.2, -0.15) is 0 Å². The topological polar surface area (TPSA) is 50.6 Å². The van der Waals surface area contributed by atoms with E-state index in [1.807, 2.05) is 26.0 Å². The van der Waals surface area contributed by atoms with Gasteiger partial charge in [-0.1, -0.05) is 60.1 Å². The SMILES string of the molecule is COC(=O)C(C)(C)Cc1ccc(CCN2CCCN(c3nc4ccccc4n3Cc3ccc(Cl)cc3)CCC2)cc1. The molecule has 1 aliphatic heterocycles. The van der Waals surface area contributed by atoms with E-state index in [1.54, 1.807) is 0 Å². The molecule has 0 aliphatic carbocycles. The summed E-state index contributed by atoms with van der Waals surface area (Å²) >= 11 is 6.14. The van der Waals surface area contributed by atoms with Gasteiger partial charge in [0.05, 0.1) is 30.1 Å². The predicted molar refractivity (Wildman–Crippen MR) is 168 cm³/mol. The molecule has 2 heterocycles. The monoisotopic (exact) mass is 572 g/mol. The first kappa shape index (κ1) is 29.2. The van der Waals surface area contributed by atoms with Crippen LogP contribution in [0.15, 0.2) is 72.8 Å². The first-order valence-corrected chi connectivity index (χ1v) is 15.0. The van der Waals surface area contributed by atoms with Gasteiger partial charge in [0.15, 0.2) is 0 Å². The van der Waals surface area contributed by atoms with E-state index in [1.165, 1.54) is 23.8 Å². The third kappa shape index (κ3) is 7.30. The van der Waals surface area contributed by atoms with Gasteiger partial charge in [0, 0.05) is 24.7 Å². The molecule has 0 radical (unpaired) electrons. The molecule has 0 spiro atoms. The molecule has 0 unspecified atom stereocenters. The van der Waals surface area contributed by atoms with Crippen molar-refractivity contribution in [3.63, 3.8) is 0 Å². The quantitative estimate of drug-likeness (QED) is 0.211. The van der Waals surface area contributed by atoms with Crippen LogP contribution in [0.2, 0.25) is 5.02 Å². The van der Waals surface area contributed by atoms with E-state index in [0.29, 0.717) is 6.42 Å². The fourth-order valence-electron chi connectivity index (χ4n) is 5.82. The molecule has 0 amide bonds. The summed E-state index contributed by atoms with van der Waals surface area (Å²) < 4.78 is 7.31. The molecular weight excluding hydrogens is 532 g/mol. The summed E-state index contributed by atoms with van der Waals surface area (Å²) in [5, 5.41) is 0.759. The Morgan fingerprint density at radius 3 is 2.20 bits per heavy atom. The molecule has 1 aliphatic rings. The van der Waals surface area contributed by atoms with Crippen LogP contribution in [0.25, 0.3) is 11.0 Å². The highest BCUT2D eigenvalue weighted by molar-refractivity contribution is 6.30. The Morgan fingerprint density at radius 1 is 0.878 bits per heavy atom. The second-order valence-corrected chi connectivity index (χ2v) is 12.2. The van der Waals surface area contributed by atoms with Gasteiger partial charge in [-0.05, 0) is 93.6 Å². The summed E-state index contributed by atoms with van der Waals surface area (Å²) in [6.07, 6.45) is 3.91. The Bertz CT molecular complexity index is 1440. The molecule has 1 fully saturated rings. The maximum absolute atomic E-state index is 12.0. The van der Waals surface area contributed by atoms with Crippen LogP contribution in [0.1, 0.15) is 43.4 Å². The number of methoxy groups -OCH3 is 1. The van der Waals surface area contributed by atoms with E-state index >= 15 is 0 Å². The molecule has 41 heavy (non-hydrogen) atoms. The van der Waals surface area contributed by atoms with Gasteiger partial charge in [0.1, 0.15) is 0 Å². The maximum atomic E-state index is 12.0. The Balaban J connectivity index is 1.18. The molecule has 5 rings (SSSR count). The molecular formula is C34H41ClN4O2. The number of carbonyl (C=O) groups is 1. The fraction of sp³-hybridized carbons (Fsp3) is 0.412. The standard InChI is InChI=1S/C34H41ClN4O2/c1-34(2,32(40)41-3)24-27-12-10-26(11-13-27)18-23-37-19-6-21-38(22-7-20-37)33-36-30-8-4-5-9-31(30)39(33)25-28-14-16-29(35)17-15-28/h4-5,8-17H,6-7,18-25H2,1-3H3. The molecule has 7 heteroatoms. The highest BCUT2D eigenvalue weighted by Crippen LogP contribution is 2.26. The van der Waals surface area contributed by atoms with E-state index in [9.17, 15) is 4.79 Å². The molecule has 0 saturated carbocycles. The fourth-order valence-corrected chi connectivity index (χ4v) is 5.95. The van der Waals surface area contributed by atoms with Crippen molar-refractivity contribution in [1.82, 2.24) is 14.5 Å². The second-order valence-electron chi connectivity index (χ2n) is 11.8. The number of imidazole rings is 1. The van der Waals surface area contributed by atoms with Crippen LogP contribution in [0, 0.1) is 5.41 Å². The predicted octanol–water partition coefficient (Wildman–Crippen LogP) is 6.62. The van der Waals surface area contributed by atoms with Crippen LogP contribution in [0.4, 0.5) is 5.95 Å². The smallest absolute Gasteiger partial charge is 0.311 e. The molecule has 216 valence electrons. The molecule has 4 aromatic rings. The molecule has 0 N–H and O–H groups in total. The van der Waals surface area contributed by atoms with E-state index in [4.69, 9.17) is 21.3 Å². The zero-order chi connectivity index (χ0) is 28.8. The number of aromatic nitrogens is 2. The average Bonchev–Trinajstić information content (AvgIpc) is 3.32. The lowest BCUT2D eigenvalue weighted by molar-refractivity contribution is -0.150. The van der Waals surface area contributed by atoms with E-state index < -0.39 is 5.41 Å². The first-order valence-electron chi connectivity index (χ1n) is 14.7. The van der Waals surface area contributed by atoms with Crippen molar-refractivity contribution < 1.29 is 9.53 Å². The van der Waals surface area contributed by atoms with Crippen molar-refractivity contribution in [2.24, 2.45) is 5.41 Å². The van der Waals surface area contributed by atoms with Crippen molar-refractivity contribution in [2.75, 3.05) is 44.7 Å². The number of fused-ring (bicyclic) bond motifs is 1. The molecule has 1 saturated heterocycles. The van der Waals surface area contributed by atoms with E-state index in [-0.39, 0.29) is 5.97 Å². The lowest BCUT2D eigenvalue weighted by atomic mass is 9.85. The minimum absolute atomic E-state index is 0.170. The largest absolute Gasteiger partial charge is 0.469 e. The number of esters is 1. The molecule has 1 aromatic heterocycles. The zero-order valence-electron chi connectivity index (χ0n) is 24.5. The van der Waals surface area contributed by atoms with Gasteiger partial charge in [0.2, 0.25) is 5.95 Å². The number of benzene rings is 3. The summed E-state index contributed by atoms with van der Waals surface area (Å²) in [5.74, 6) is 0.890. The number of para-hydroxylation sites is 2. The highest BCUT2D eigenvalue weighted by Gasteiger charge is 2.28. The first-order chi connectivity index (χ1) is 19.8. The Morgan fingerprint density at radius 2 is 1.51 bits per heavy atom. The van der Waals surface area contributed by atoms with Gasteiger partial charge in [0.25, 0.3) is 0 Å². The number of halogens is 1. The van der Waals surface area contributed by atoms with Crippen LogP contribution in [-0.4, -0.2) is 60.3 Å². The van der Waals surface area contributed by atoms with Gasteiger partial charge in [-0.15, -0.1) is 0 Å². The molecule has 6 nitrogen and oxygen atoms in total. The minimum Gasteiger partial charge on any atom is -0.469 e. The summed E-state index contributed by atoms with van der Waals surface area (Å²) in [6.45, 7) is 9.85. The van der Waals surface area contributed by atoms with E-state index in [0.717, 1.165) is 80.6 Å². The van der Waals surface area contributed by atoms with Crippen LogP contribution >= 0.6 is 11.6 Å². The van der Waals surface area contributed by atoms with Crippen molar-refractivity contribution in [1.29, 1.82) is 0 Å². The lowest BCUT2D eigenvalue weighted by Gasteiger charge is -2.31. The Labute approximate surface area is 248 Å². The van der Waals surface area contributed by atoms with Crippen molar-refractivity contribution in [3.05, 3.63) is 94.5 Å². The molecule has 0 bridgehead atoms. The molecule has 3 aromatic carbocycles. The Hall–Kier alpha value is -3.35. The number of ether oxygens (including phenoxy) is 1. The number of hydrogen-bond acceptors (Lipinski definition) is 5. The maximum Gasteiger partial charge on any atom is 0.311 e. The van der Waals surface area contributed by atoms with Gasteiger partial charge < -0.3 is 19.1 Å². The number of nitrogens with zero attached hydrogens (tertiary/aromatic N) is 4.